The van der Waals surface area contributed by atoms with E-state index in [4.69, 9.17) is 0 Å². The molecule has 0 unspecified atom stereocenters. The molecule has 0 radical (unpaired) electrons. The number of carbonyl (C=O) groups excluding carboxylic acids is 1. The van der Waals surface area contributed by atoms with Gasteiger partial charge in [-0.3, -0.25) is 9.78 Å². The molecule has 5 heteroatoms. The van der Waals surface area contributed by atoms with E-state index in [1.54, 1.807) is 12.3 Å². The van der Waals surface area contributed by atoms with Gasteiger partial charge in [-0.2, -0.15) is 0 Å². The highest BCUT2D eigenvalue weighted by Crippen LogP contribution is 2.23. The Hall–Kier alpha value is -1.88. The van der Waals surface area contributed by atoms with E-state index >= 15 is 0 Å². The largest absolute Gasteiger partial charge is 0.385 e. The quantitative estimate of drug-likeness (QED) is 0.893. The standard InChI is InChI=1S/C15H16BrN3O/c1-3-17-11-6-7-18-14(9-11)15(20)19-13-5-4-10(2)8-12(13)16/h4-9H,3H2,1-2H3,(H,17,18)(H,19,20). The Morgan fingerprint density at radius 1 is 1.30 bits per heavy atom. The van der Waals surface area contributed by atoms with Gasteiger partial charge < -0.3 is 10.6 Å². The number of nitrogens with zero attached hydrogens (tertiary/aromatic N) is 1. The van der Waals surface area contributed by atoms with Crippen LogP contribution in [0.2, 0.25) is 0 Å². The third kappa shape index (κ3) is 3.57. The highest BCUT2D eigenvalue weighted by molar-refractivity contribution is 9.10. The average Bonchev–Trinajstić information content (AvgIpc) is 2.42. The van der Waals surface area contributed by atoms with Crippen molar-refractivity contribution in [3.05, 3.63) is 52.3 Å². The van der Waals surface area contributed by atoms with E-state index in [-0.39, 0.29) is 5.91 Å². The molecule has 2 aromatic rings. The second-order valence-electron chi connectivity index (χ2n) is 4.40. The van der Waals surface area contributed by atoms with Gasteiger partial charge in [-0.05, 0) is 59.6 Å². The average molecular weight is 334 g/mol. The van der Waals surface area contributed by atoms with E-state index in [0.717, 1.165) is 28.0 Å². The third-order valence-electron chi connectivity index (χ3n) is 2.75. The van der Waals surface area contributed by atoms with Crippen LogP contribution in [0.25, 0.3) is 0 Å². The Kier molecular flexibility index (Phi) is 4.74. The monoisotopic (exact) mass is 333 g/mol. The molecule has 104 valence electrons. The van der Waals surface area contributed by atoms with E-state index < -0.39 is 0 Å². The van der Waals surface area contributed by atoms with Gasteiger partial charge in [0.25, 0.3) is 5.91 Å². The lowest BCUT2D eigenvalue weighted by atomic mass is 10.2. The molecule has 1 aromatic carbocycles. The van der Waals surface area contributed by atoms with E-state index in [1.165, 1.54) is 0 Å². The Labute approximate surface area is 126 Å². The topological polar surface area (TPSA) is 54.0 Å². The number of pyridine rings is 1. The van der Waals surface area contributed by atoms with E-state index in [0.29, 0.717) is 5.69 Å². The van der Waals surface area contributed by atoms with Crippen LogP contribution >= 0.6 is 15.9 Å². The zero-order valence-corrected chi connectivity index (χ0v) is 13.0. The molecule has 0 aliphatic rings. The summed E-state index contributed by atoms with van der Waals surface area (Å²) in [4.78, 5) is 16.3. The molecular weight excluding hydrogens is 318 g/mol. The van der Waals surface area contributed by atoms with Crippen molar-refractivity contribution in [2.45, 2.75) is 13.8 Å². The fraction of sp³-hybridized carbons (Fsp3) is 0.200. The first-order chi connectivity index (χ1) is 9.60. The predicted molar refractivity (Wildman–Crippen MR) is 85.2 cm³/mol. The fourth-order valence-corrected chi connectivity index (χ4v) is 2.37. The van der Waals surface area contributed by atoms with Crippen LogP contribution in [-0.2, 0) is 0 Å². The van der Waals surface area contributed by atoms with Gasteiger partial charge in [0.2, 0.25) is 0 Å². The van der Waals surface area contributed by atoms with E-state index in [2.05, 4.69) is 31.5 Å². The van der Waals surface area contributed by atoms with Crippen molar-refractivity contribution in [3.8, 4) is 0 Å². The lowest BCUT2D eigenvalue weighted by molar-refractivity contribution is 0.102. The summed E-state index contributed by atoms with van der Waals surface area (Å²) < 4.78 is 0.855. The number of aryl methyl sites for hydroxylation is 1. The van der Waals surface area contributed by atoms with E-state index in [9.17, 15) is 4.79 Å². The Bertz CT molecular complexity index is 628. The van der Waals surface area contributed by atoms with Crippen LogP contribution in [-0.4, -0.2) is 17.4 Å². The number of amides is 1. The van der Waals surface area contributed by atoms with Crippen molar-refractivity contribution in [3.63, 3.8) is 0 Å². The van der Waals surface area contributed by atoms with Gasteiger partial charge in [0, 0.05) is 22.9 Å². The number of anilines is 2. The molecule has 1 aromatic heterocycles. The molecule has 0 saturated carbocycles. The first-order valence-electron chi connectivity index (χ1n) is 6.37. The second kappa shape index (κ2) is 6.52. The molecule has 0 aliphatic carbocycles. The highest BCUT2D eigenvalue weighted by atomic mass is 79.9. The summed E-state index contributed by atoms with van der Waals surface area (Å²) in [5, 5.41) is 6.00. The number of hydrogen-bond acceptors (Lipinski definition) is 3. The molecule has 0 fully saturated rings. The number of halogens is 1. The van der Waals surface area contributed by atoms with Gasteiger partial charge in [0.05, 0.1) is 5.69 Å². The molecule has 0 aliphatic heterocycles. The molecular formula is C15H16BrN3O. The molecule has 0 saturated heterocycles. The summed E-state index contributed by atoms with van der Waals surface area (Å²) in [6.45, 7) is 4.80. The lowest BCUT2D eigenvalue weighted by Gasteiger charge is -2.09. The Balaban J connectivity index is 2.17. The summed E-state index contributed by atoms with van der Waals surface area (Å²) in [7, 11) is 0. The summed E-state index contributed by atoms with van der Waals surface area (Å²) in [5.41, 5.74) is 3.13. The summed E-state index contributed by atoms with van der Waals surface area (Å²) in [6.07, 6.45) is 1.62. The molecule has 1 amide bonds. The van der Waals surface area contributed by atoms with Crippen LogP contribution in [0.3, 0.4) is 0 Å². The van der Waals surface area contributed by atoms with Crippen molar-refractivity contribution in [2.24, 2.45) is 0 Å². The van der Waals surface area contributed by atoms with Crippen molar-refractivity contribution in [1.82, 2.24) is 4.98 Å². The minimum atomic E-state index is -0.227. The Morgan fingerprint density at radius 3 is 2.80 bits per heavy atom. The minimum Gasteiger partial charge on any atom is -0.385 e. The third-order valence-corrected chi connectivity index (χ3v) is 3.40. The SMILES string of the molecule is CCNc1ccnc(C(=O)Nc2ccc(C)cc2Br)c1. The number of aromatic nitrogens is 1. The Morgan fingerprint density at radius 2 is 2.10 bits per heavy atom. The first-order valence-corrected chi connectivity index (χ1v) is 7.17. The predicted octanol–water partition coefficient (Wildman–Crippen LogP) is 3.84. The number of rotatable bonds is 4. The van der Waals surface area contributed by atoms with Gasteiger partial charge in [0.15, 0.2) is 0 Å². The van der Waals surface area contributed by atoms with Crippen LogP contribution < -0.4 is 10.6 Å². The van der Waals surface area contributed by atoms with Gasteiger partial charge in [-0.15, -0.1) is 0 Å². The number of benzene rings is 1. The van der Waals surface area contributed by atoms with Crippen molar-refractivity contribution < 1.29 is 4.79 Å². The van der Waals surface area contributed by atoms with Gasteiger partial charge in [0.1, 0.15) is 5.69 Å². The molecule has 4 nitrogen and oxygen atoms in total. The van der Waals surface area contributed by atoms with Gasteiger partial charge in [-0.1, -0.05) is 6.07 Å². The summed E-state index contributed by atoms with van der Waals surface area (Å²) >= 11 is 3.44. The molecule has 2 N–H and O–H groups in total. The van der Waals surface area contributed by atoms with Crippen LogP contribution in [0, 0.1) is 6.92 Å². The van der Waals surface area contributed by atoms with Crippen molar-refractivity contribution >= 4 is 33.2 Å². The van der Waals surface area contributed by atoms with Crippen molar-refractivity contribution in [2.75, 3.05) is 17.2 Å². The van der Waals surface area contributed by atoms with Crippen LogP contribution in [0.1, 0.15) is 23.0 Å². The number of nitrogens with one attached hydrogen (secondary N) is 2. The molecule has 0 bridgehead atoms. The van der Waals surface area contributed by atoms with Gasteiger partial charge in [-0.25, -0.2) is 0 Å². The van der Waals surface area contributed by atoms with Crippen molar-refractivity contribution in [1.29, 1.82) is 0 Å². The smallest absolute Gasteiger partial charge is 0.274 e. The molecule has 2 rings (SSSR count). The number of hydrogen-bond donors (Lipinski definition) is 2. The fourth-order valence-electron chi connectivity index (χ4n) is 1.78. The maximum Gasteiger partial charge on any atom is 0.274 e. The zero-order valence-electron chi connectivity index (χ0n) is 11.4. The summed E-state index contributed by atoms with van der Waals surface area (Å²) in [5.74, 6) is -0.227. The highest BCUT2D eigenvalue weighted by Gasteiger charge is 2.10. The zero-order chi connectivity index (χ0) is 14.5. The lowest BCUT2D eigenvalue weighted by Crippen LogP contribution is -2.14. The molecule has 1 heterocycles. The summed E-state index contributed by atoms with van der Waals surface area (Å²) in [6, 6.07) is 9.34. The number of carbonyl (C=O) groups is 1. The van der Waals surface area contributed by atoms with Crippen LogP contribution in [0.5, 0.6) is 0 Å². The van der Waals surface area contributed by atoms with Crippen LogP contribution in [0.15, 0.2) is 41.0 Å². The second-order valence-corrected chi connectivity index (χ2v) is 5.25. The molecule has 0 atom stereocenters. The van der Waals surface area contributed by atoms with E-state index in [1.807, 2.05) is 38.1 Å². The maximum absolute atomic E-state index is 12.2. The maximum atomic E-state index is 12.2. The minimum absolute atomic E-state index is 0.227. The normalized spacial score (nSPS) is 10.2. The van der Waals surface area contributed by atoms with Gasteiger partial charge >= 0.3 is 0 Å². The first kappa shape index (κ1) is 14.5. The molecule has 0 spiro atoms. The van der Waals surface area contributed by atoms with Crippen LogP contribution in [0.4, 0.5) is 11.4 Å². The molecule has 20 heavy (non-hydrogen) atoms.